The van der Waals surface area contributed by atoms with Crippen molar-refractivity contribution in [1.82, 2.24) is 14.8 Å². The molecule has 3 saturated heterocycles. The van der Waals surface area contributed by atoms with Crippen molar-refractivity contribution >= 4 is 0 Å². The molecule has 0 atom stereocenters. The topological polar surface area (TPSA) is 35.7 Å². The Bertz CT molecular complexity index is 348. The molecule has 0 radical (unpaired) electrons. The van der Waals surface area contributed by atoms with Crippen LogP contribution in [0.3, 0.4) is 0 Å². The highest BCUT2D eigenvalue weighted by Gasteiger charge is 2.54. The van der Waals surface area contributed by atoms with Gasteiger partial charge in [0.15, 0.2) is 0 Å². The number of hydrazine groups is 1. The van der Waals surface area contributed by atoms with Crippen molar-refractivity contribution in [3.05, 3.63) is 0 Å². The maximum Gasteiger partial charge on any atom is 0.0134 e. The fourth-order valence-electron chi connectivity index (χ4n) is 5.08. The molecule has 4 fully saturated rings. The molecule has 0 amide bonds. The summed E-state index contributed by atoms with van der Waals surface area (Å²) in [5.74, 6) is 5.87. The Morgan fingerprint density at radius 3 is 1.78 bits per heavy atom. The first kappa shape index (κ1) is 19.2. The fraction of sp³-hybridized carbons (Fsp3) is 1.00. The Hall–Kier alpha value is -0.160. The van der Waals surface area contributed by atoms with Gasteiger partial charge in [-0.05, 0) is 56.5 Å². The van der Waals surface area contributed by atoms with Crippen molar-refractivity contribution < 1.29 is 0 Å². The number of hydrogen-bond donors (Lipinski definition) is 1. The number of piperidine rings is 1. The predicted molar refractivity (Wildman–Crippen MR) is 99.3 cm³/mol. The van der Waals surface area contributed by atoms with E-state index in [0.29, 0.717) is 10.8 Å². The summed E-state index contributed by atoms with van der Waals surface area (Å²) in [6.07, 6.45) is 7.02. The summed E-state index contributed by atoms with van der Waals surface area (Å²) in [7, 11) is 2.28. The summed E-state index contributed by atoms with van der Waals surface area (Å²) < 4.78 is 0. The van der Waals surface area contributed by atoms with E-state index in [9.17, 15) is 0 Å². The van der Waals surface area contributed by atoms with E-state index in [4.69, 9.17) is 5.84 Å². The number of nitrogens with two attached hydrogens (primary N) is 1. The molecule has 0 aromatic rings. The van der Waals surface area contributed by atoms with Crippen LogP contribution >= 0.6 is 0 Å². The molecule has 2 N–H and O–H groups in total. The normalized spacial score (nSPS) is 36.5. The van der Waals surface area contributed by atoms with Crippen molar-refractivity contribution in [2.45, 2.75) is 65.8 Å². The van der Waals surface area contributed by atoms with E-state index in [1.807, 2.05) is 32.7 Å². The van der Waals surface area contributed by atoms with Crippen LogP contribution in [-0.4, -0.2) is 67.2 Å². The van der Waals surface area contributed by atoms with Crippen LogP contribution in [0, 0.1) is 10.8 Å². The first-order valence-electron chi connectivity index (χ1n) is 10.0. The molecular weight excluding hydrogens is 284 g/mol. The summed E-state index contributed by atoms with van der Waals surface area (Å²) in [5.41, 5.74) is 1.36. The molecule has 4 heteroatoms. The molecule has 0 unspecified atom stereocenters. The van der Waals surface area contributed by atoms with Crippen molar-refractivity contribution in [1.29, 1.82) is 0 Å². The SMILES string of the molecule is CC.CC.CN1CCC2(CC(N3CC4(CCN(N)CC4)C3)C2)C1. The number of hydrogen-bond acceptors (Lipinski definition) is 4. The lowest BCUT2D eigenvalue weighted by Crippen LogP contribution is -2.66. The summed E-state index contributed by atoms with van der Waals surface area (Å²) in [6, 6.07) is 0.910. The van der Waals surface area contributed by atoms with Crippen LogP contribution < -0.4 is 5.84 Å². The van der Waals surface area contributed by atoms with Crippen LogP contribution in [0.15, 0.2) is 0 Å². The van der Waals surface area contributed by atoms with Gasteiger partial charge in [-0.1, -0.05) is 27.7 Å². The maximum absolute atomic E-state index is 5.87. The molecule has 3 heterocycles. The van der Waals surface area contributed by atoms with Crippen LogP contribution in [0.5, 0.6) is 0 Å². The van der Waals surface area contributed by atoms with Crippen molar-refractivity contribution in [2.75, 3.05) is 46.3 Å². The Morgan fingerprint density at radius 1 is 0.783 bits per heavy atom. The molecule has 0 aromatic carbocycles. The van der Waals surface area contributed by atoms with Gasteiger partial charge in [0.1, 0.15) is 0 Å². The lowest BCUT2D eigenvalue weighted by Gasteiger charge is -2.61. The zero-order valence-corrected chi connectivity index (χ0v) is 16.3. The first-order valence-corrected chi connectivity index (χ1v) is 10.0. The Balaban J connectivity index is 0.000000448. The molecule has 1 saturated carbocycles. The smallest absolute Gasteiger partial charge is 0.0134 e. The predicted octanol–water partition coefficient (Wildman–Crippen LogP) is 2.79. The second-order valence-corrected chi connectivity index (χ2v) is 7.99. The second-order valence-electron chi connectivity index (χ2n) is 7.99. The van der Waals surface area contributed by atoms with E-state index in [1.165, 1.54) is 58.3 Å². The van der Waals surface area contributed by atoms with Crippen molar-refractivity contribution in [3.63, 3.8) is 0 Å². The first-order chi connectivity index (χ1) is 11.1. The number of likely N-dealkylation sites (tertiary alicyclic amines) is 2. The van der Waals surface area contributed by atoms with Crippen molar-refractivity contribution in [3.8, 4) is 0 Å². The highest BCUT2D eigenvalue weighted by molar-refractivity contribution is 5.08. The van der Waals surface area contributed by atoms with Gasteiger partial charge in [-0.3, -0.25) is 10.7 Å². The van der Waals surface area contributed by atoms with Gasteiger partial charge in [0, 0.05) is 38.8 Å². The van der Waals surface area contributed by atoms with Crippen molar-refractivity contribution in [2.24, 2.45) is 16.7 Å². The molecule has 2 spiro atoms. The van der Waals surface area contributed by atoms with Gasteiger partial charge in [-0.15, -0.1) is 0 Å². The highest BCUT2D eigenvalue weighted by Crippen LogP contribution is 2.53. The monoisotopic (exact) mass is 324 g/mol. The van der Waals surface area contributed by atoms with Gasteiger partial charge in [-0.25, -0.2) is 5.01 Å². The van der Waals surface area contributed by atoms with E-state index in [2.05, 4.69) is 16.8 Å². The van der Waals surface area contributed by atoms with Crippen LogP contribution in [-0.2, 0) is 0 Å². The van der Waals surface area contributed by atoms with E-state index < -0.39 is 0 Å². The van der Waals surface area contributed by atoms with Gasteiger partial charge < -0.3 is 4.90 Å². The molecule has 0 bridgehead atoms. The third-order valence-corrected chi connectivity index (χ3v) is 6.42. The lowest BCUT2D eigenvalue weighted by atomic mass is 9.61. The fourth-order valence-corrected chi connectivity index (χ4v) is 5.08. The standard InChI is InChI=1S/C15H28N4.2C2H6/c1-17-5-2-15(10-17)8-13(9-15)18-11-14(12-18)3-6-19(16)7-4-14;2*1-2/h13H,2-12,16H2,1H3;2*1-2H3. The maximum atomic E-state index is 5.87. The molecular formula is C19H40N4. The number of nitrogens with zero attached hydrogens (tertiary/aromatic N) is 3. The molecule has 4 nitrogen and oxygen atoms in total. The zero-order valence-electron chi connectivity index (χ0n) is 16.3. The van der Waals surface area contributed by atoms with Crippen LogP contribution in [0.2, 0.25) is 0 Å². The minimum atomic E-state index is 0.644. The third kappa shape index (κ3) is 3.92. The molecule has 0 aromatic heterocycles. The van der Waals surface area contributed by atoms with Gasteiger partial charge in [0.2, 0.25) is 0 Å². The average molecular weight is 325 g/mol. The van der Waals surface area contributed by atoms with Gasteiger partial charge in [0.25, 0.3) is 0 Å². The molecule has 136 valence electrons. The summed E-state index contributed by atoms with van der Waals surface area (Å²) in [5, 5.41) is 2.00. The zero-order chi connectivity index (χ0) is 17.1. The van der Waals surface area contributed by atoms with E-state index in [0.717, 1.165) is 19.1 Å². The Morgan fingerprint density at radius 2 is 1.30 bits per heavy atom. The average Bonchev–Trinajstić information content (AvgIpc) is 2.91. The lowest BCUT2D eigenvalue weighted by molar-refractivity contribution is -0.114. The van der Waals surface area contributed by atoms with Gasteiger partial charge in [-0.2, -0.15) is 0 Å². The third-order valence-electron chi connectivity index (χ3n) is 6.42. The minimum Gasteiger partial charge on any atom is -0.306 e. The summed E-state index contributed by atoms with van der Waals surface area (Å²) in [6.45, 7) is 15.6. The summed E-state index contributed by atoms with van der Waals surface area (Å²) >= 11 is 0. The molecule has 4 aliphatic rings. The van der Waals surface area contributed by atoms with Crippen LogP contribution in [0.4, 0.5) is 0 Å². The van der Waals surface area contributed by atoms with Crippen LogP contribution in [0.1, 0.15) is 59.8 Å². The van der Waals surface area contributed by atoms with E-state index in [1.54, 1.807) is 0 Å². The van der Waals surface area contributed by atoms with Crippen LogP contribution in [0.25, 0.3) is 0 Å². The van der Waals surface area contributed by atoms with Gasteiger partial charge in [0.05, 0.1) is 0 Å². The quantitative estimate of drug-likeness (QED) is 0.752. The second kappa shape index (κ2) is 7.81. The van der Waals surface area contributed by atoms with E-state index in [-0.39, 0.29) is 0 Å². The van der Waals surface area contributed by atoms with Gasteiger partial charge >= 0.3 is 0 Å². The Kier molecular flexibility index (Phi) is 6.51. The molecule has 23 heavy (non-hydrogen) atoms. The minimum absolute atomic E-state index is 0.644. The molecule has 4 rings (SSSR count). The Labute approximate surface area is 144 Å². The summed E-state index contributed by atoms with van der Waals surface area (Å²) in [4.78, 5) is 5.29. The largest absolute Gasteiger partial charge is 0.306 e. The molecule has 1 aliphatic carbocycles. The van der Waals surface area contributed by atoms with E-state index >= 15 is 0 Å². The number of rotatable bonds is 1. The molecule has 3 aliphatic heterocycles. The highest BCUT2D eigenvalue weighted by atomic mass is 15.4.